The van der Waals surface area contributed by atoms with Crippen LogP contribution >= 0.6 is 11.3 Å². The van der Waals surface area contributed by atoms with Crippen molar-refractivity contribution < 1.29 is 9.18 Å². The Morgan fingerprint density at radius 2 is 2.00 bits per heavy atom. The van der Waals surface area contributed by atoms with Crippen molar-refractivity contribution in [3.8, 4) is 0 Å². The van der Waals surface area contributed by atoms with E-state index in [1.54, 1.807) is 5.51 Å². The predicted molar refractivity (Wildman–Crippen MR) is 83.5 cm³/mol. The van der Waals surface area contributed by atoms with Crippen LogP contribution in [0.4, 0.5) is 14.3 Å². The van der Waals surface area contributed by atoms with Crippen LogP contribution in [0.1, 0.15) is 31.2 Å². The molecule has 1 aliphatic rings. The first-order valence-electron chi connectivity index (χ1n) is 7.25. The van der Waals surface area contributed by atoms with E-state index in [2.05, 4.69) is 20.8 Å². The highest BCUT2D eigenvalue weighted by Gasteiger charge is 2.35. The van der Waals surface area contributed by atoms with Crippen LogP contribution in [0.3, 0.4) is 0 Å². The highest BCUT2D eigenvalue weighted by Crippen LogP contribution is 2.40. The number of anilines is 1. The first kappa shape index (κ1) is 14.9. The van der Waals surface area contributed by atoms with Gasteiger partial charge in [-0.2, -0.15) is 0 Å². The van der Waals surface area contributed by atoms with Crippen LogP contribution < -0.4 is 10.6 Å². The maximum Gasteiger partial charge on any atom is 0.321 e. The van der Waals surface area contributed by atoms with Gasteiger partial charge in [0.1, 0.15) is 11.3 Å². The van der Waals surface area contributed by atoms with Crippen molar-refractivity contribution in [3.05, 3.63) is 41.2 Å². The molecule has 7 heteroatoms. The number of hydrogen-bond acceptors (Lipinski definition) is 4. The SMILES string of the molecule is O=C(NCC1(c2ccc(F)cc2)CCCC1)Nc1nncs1. The zero-order valence-electron chi connectivity index (χ0n) is 12.0. The fourth-order valence-electron chi connectivity index (χ4n) is 3.04. The molecule has 0 atom stereocenters. The molecular formula is C15H17FN4OS. The van der Waals surface area contributed by atoms with E-state index in [4.69, 9.17) is 0 Å². The van der Waals surface area contributed by atoms with E-state index in [0.29, 0.717) is 11.7 Å². The van der Waals surface area contributed by atoms with Crippen molar-refractivity contribution in [1.29, 1.82) is 0 Å². The largest absolute Gasteiger partial charge is 0.337 e. The number of nitrogens with one attached hydrogen (secondary N) is 2. The number of rotatable bonds is 4. The number of hydrogen-bond donors (Lipinski definition) is 2. The number of urea groups is 1. The Balaban J connectivity index is 1.67. The molecule has 1 saturated carbocycles. The second-order valence-electron chi connectivity index (χ2n) is 5.55. The molecule has 1 fully saturated rings. The van der Waals surface area contributed by atoms with Gasteiger partial charge in [-0.1, -0.05) is 36.3 Å². The number of nitrogens with zero attached hydrogens (tertiary/aromatic N) is 2. The number of benzene rings is 1. The van der Waals surface area contributed by atoms with Gasteiger partial charge in [0.15, 0.2) is 0 Å². The summed E-state index contributed by atoms with van der Waals surface area (Å²) < 4.78 is 13.1. The van der Waals surface area contributed by atoms with Gasteiger partial charge in [0.2, 0.25) is 5.13 Å². The normalized spacial score (nSPS) is 16.4. The molecule has 0 unspecified atom stereocenters. The molecule has 1 heterocycles. The van der Waals surface area contributed by atoms with Gasteiger partial charge < -0.3 is 5.32 Å². The topological polar surface area (TPSA) is 66.9 Å². The van der Waals surface area contributed by atoms with Gasteiger partial charge in [-0.25, -0.2) is 9.18 Å². The van der Waals surface area contributed by atoms with Gasteiger partial charge in [0.25, 0.3) is 0 Å². The van der Waals surface area contributed by atoms with Crippen LogP contribution in [0.15, 0.2) is 29.8 Å². The summed E-state index contributed by atoms with van der Waals surface area (Å²) in [5.74, 6) is -0.237. The van der Waals surface area contributed by atoms with E-state index in [0.717, 1.165) is 31.2 Å². The summed E-state index contributed by atoms with van der Waals surface area (Å²) in [4.78, 5) is 12.0. The number of amides is 2. The maximum absolute atomic E-state index is 13.1. The molecule has 2 aromatic rings. The van der Waals surface area contributed by atoms with E-state index in [1.165, 1.54) is 23.5 Å². The average molecular weight is 320 g/mol. The molecule has 1 aromatic carbocycles. The van der Waals surface area contributed by atoms with Crippen molar-refractivity contribution in [1.82, 2.24) is 15.5 Å². The Labute approximate surface area is 132 Å². The zero-order valence-corrected chi connectivity index (χ0v) is 12.8. The number of aromatic nitrogens is 2. The molecule has 116 valence electrons. The molecule has 0 saturated heterocycles. The average Bonchev–Trinajstić information content (AvgIpc) is 3.18. The summed E-state index contributed by atoms with van der Waals surface area (Å²) in [5, 5.41) is 13.5. The van der Waals surface area contributed by atoms with Crippen LogP contribution in [0.5, 0.6) is 0 Å². The third kappa shape index (κ3) is 3.24. The minimum atomic E-state index is -0.287. The van der Waals surface area contributed by atoms with E-state index in [-0.39, 0.29) is 17.3 Å². The van der Waals surface area contributed by atoms with Crippen LogP contribution in [0.2, 0.25) is 0 Å². The summed E-state index contributed by atoms with van der Waals surface area (Å²) in [6.45, 7) is 0.531. The van der Waals surface area contributed by atoms with Gasteiger partial charge in [-0.15, -0.1) is 10.2 Å². The molecular weight excluding hydrogens is 303 g/mol. The zero-order chi connectivity index (χ0) is 15.4. The minimum absolute atomic E-state index is 0.105. The Bertz CT molecular complexity index is 624. The van der Waals surface area contributed by atoms with E-state index >= 15 is 0 Å². The quantitative estimate of drug-likeness (QED) is 0.908. The van der Waals surface area contributed by atoms with Crippen molar-refractivity contribution in [2.45, 2.75) is 31.1 Å². The lowest BCUT2D eigenvalue weighted by atomic mass is 9.79. The van der Waals surface area contributed by atoms with Crippen molar-refractivity contribution in [3.63, 3.8) is 0 Å². The van der Waals surface area contributed by atoms with Crippen molar-refractivity contribution in [2.24, 2.45) is 0 Å². The van der Waals surface area contributed by atoms with Crippen LogP contribution in [-0.2, 0) is 5.41 Å². The first-order valence-corrected chi connectivity index (χ1v) is 8.13. The van der Waals surface area contributed by atoms with Crippen LogP contribution in [0.25, 0.3) is 0 Å². The molecule has 5 nitrogen and oxygen atoms in total. The Kier molecular flexibility index (Phi) is 4.33. The van der Waals surface area contributed by atoms with Crippen LogP contribution in [-0.4, -0.2) is 22.8 Å². The van der Waals surface area contributed by atoms with Crippen molar-refractivity contribution in [2.75, 3.05) is 11.9 Å². The van der Waals surface area contributed by atoms with Crippen LogP contribution in [0, 0.1) is 5.82 Å². The highest BCUT2D eigenvalue weighted by atomic mass is 32.1. The van der Waals surface area contributed by atoms with E-state index < -0.39 is 0 Å². The summed E-state index contributed by atoms with van der Waals surface area (Å²) in [6.07, 6.45) is 4.24. The maximum atomic E-state index is 13.1. The third-order valence-corrected chi connectivity index (χ3v) is 4.79. The summed E-state index contributed by atoms with van der Waals surface area (Å²) in [7, 11) is 0. The Morgan fingerprint density at radius 3 is 2.64 bits per heavy atom. The number of carbonyl (C=O) groups excluding carboxylic acids is 1. The summed E-state index contributed by atoms with van der Waals surface area (Å²) in [6, 6.07) is 6.33. The highest BCUT2D eigenvalue weighted by molar-refractivity contribution is 7.13. The predicted octanol–water partition coefficient (Wildman–Crippen LogP) is 3.31. The fraction of sp³-hybridized carbons (Fsp3) is 0.400. The molecule has 0 radical (unpaired) electrons. The molecule has 1 aliphatic carbocycles. The van der Waals surface area contributed by atoms with Gasteiger partial charge in [-0.05, 0) is 30.5 Å². The monoisotopic (exact) mass is 320 g/mol. The van der Waals surface area contributed by atoms with E-state index in [1.807, 2.05) is 12.1 Å². The molecule has 2 N–H and O–H groups in total. The molecule has 22 heavy (non-hydrogen) atoms. The second-order valence-corrected chi connectivity index (χ2v) is 6.38. The Morgan fingerprint density at radius 1 is 1.27 bits per heavy atom. The lowest BCUT2D eigenvalue weighted by Crippen LogP contribution is -2.40. The molecule has 0 aliphatic heterocycles. The van der Waals surface area contributed by atoms with Gasteiger partial charge in [0.05, 0.1) is 0 Å². The lowest BCUT2D eigenvalue weighted by Gasteiger charge is -2.30. The smallest absolute Gasteiger partial charge is 0.321 e. The lowest BCUT2D eigenvalue weighted by molar-refractivity contribution is 0.248. The third-order valence-electron chi connectivity index (χ3n) is 4.19. The molecule has 0 bridgehead atoms. The number of carbonyl (C=O) groups is 1. The molecule has 3 rings (SSSR count). The summed E-state index contributed by atoms with van der Waals surface area (Å²) in [5.41, 5.74) is 2.54. The standard InChI is InChI=1S/C15H17FN4OS/c16-12-5-3-11(4-6-12)15(7-1-2-8-15)9-17-13(21)19-14-20-18-10-22-14/h3-6,10H,1-2,7-9H2,(H2,17,19,20,21). The van der Waals surface area contributed by atoms with Gasteiger partial charge in [0, 0.05) is 12.0 Å². The summed E-state index contributed by atoms with van der Waals surface area (Å²) >= 11 is 1.27. The van der Waals surface area contributed by atoms with E-state index in [9.17, 15) is 9.18 Å². The molecule has 2 amide bonds. The number of halogens is 1. The van der Waals surface area contributed by atoms with Crippen molar-refractivity contribution >= 4 is 22.5 Å². The Hall–Kier alpha value is -2.02. The van der Waals surface area contributed by atoms with Gasteiger partial charge in [-0.3, -0.25) is 5.32 Å². The minimum Gasteiger partial charge on any atom is -0.337 e. The molecule has 0 spiro atoms. The molecule has 1 aromatic heterocycles. The first-order chi connectivity index (χ1) is 10.7. The second kappa shape index (κ2) is 6.39. The van der Waals surface area contributed by atoms with Gasteiger partial charge >= 0.3 is 6.03 Å². The fourth-order valence-corrected chi connectivity index (χ4v) is 3.48.